The third kappa shape index (κ3) is 8.01. The lowest BCUT2D eigenvalue weighted by Crippen LogP contribution is -2.50. The standard InChI is InChI=1S/C44H36N4O6S4/c49-39(31-15-21-55-25-31)45-19-1-3-37(45)43(53)47(41(51)33-17-23-57-27-33)35-11-7-29(8-12-35)5-6-30-9-13-36(14-10-30)48(42(52)34-18-24-58-28-34)44(54)38-4-2-20-46(38)40(50)32-16-22-56-26-32/h5-18,21-28,37-38H,1-4,19-20H2/b6-5+/t37-,38-/m0/s1. The molecule has 58 heavy (non-hydrogen) atoms. The molecule has 0 N–H and O–H groups in total. The molecule has 2 aromatic carbocycles. The van der Waals surface area contributed by atoms with Crippen LogP contribution >= 0.6 is 45.3 Å². The second kappa shape index (κ2) is 17.4. The first kappa shape index (κ1) is 39.0. The zero-order chi connectivity index (χ0) is 40.2. The maximum atomic E-state index is 14.2. The number of hydrogen-bond acceptors (Lipinski definition) is 10. The molecule has 2 aliphatic heterocycles. The molecule has 2 fully saturated rings. The highest BCUT2D eigenvalue weighted by Gasteiger charge is 2.41. The summed E-state index contributed by atoms with van der Waals surface area (Å²) in [6.45, 7) is 0.872. The molecule has 2 saturated heterocycles. The summed E-state index contributed by atoms with van der Waals surface area (Å²) in [6, 6.07) is 19.5. The summed E-state index contributed by atoms with van der Waals surface area (Å²) in [5, 5.41) is 14.2. The van der Waals surface area contributed by atoms with Crippen LogP contribution in [0.5, 0.6) is 0 Å². The van der Waals surface area contributed by atoms with Gasteiger partial charge in [-0.15, -0.1) is 0 Å². The first-order valence-corrected chi connectivity index (χ1v) is 22.4. The van der Waals surface area contributed by atoms with Crippen molar-refractivity contribution in [2.24, 2.45) is 0 Å². The molecule has 0 saturated carbocycles. The summed E-state index contributed by atoms with van der Waals surface area (Å²) in [5.41, 5.74) is 4.25. The van der Waals surface area contributed by atoms with Crippen molar-refractivity contribution in [3.8, 4) is 0 Å². The van der Waals surface area contributed by atoms with Gasteiger partial charge in [-0.05, 0) is 107 Å². The Balaban J connectivity index is 1.01. The van der Waals surface area contributed by atoms with Crippen LogP contribution in [-0.4, -0.2) is 70.4 Å². The maximum absolute atomic E-state index is 14.2. The molecule has 14 heteroatoms. The third-order valence-corrected chi connectivity index (χ3v) is 13.0. The first-order chi connectivity index (χ1) is 28.3. The van der Waals surface area contributed by atoms with Crippen molar-refractivity contribution < 1.29 is 28.8 Å². The summed E-state index contributed by atoms with van der Waals surface area (Å²) in [7, 11) is 0. The van der Waals surface area contributed by atoms with Gasteiger partial charge in [0, 0.05) is 34.6 Å². The number of amides is 6. The molecule has 2 aliphatic rings. The van der Waals surface area contributed by atoms with Crippen LogP contribution in [0.15, 0.2) is 116 Å². The highest BCUT2D eigenvalue weighted by molar-refractivity contribution is 7.09. The number of carbonyl (C=O) groups is 6. The van der Waals surface area contributed by atoms with E-state index in [1.165, 1.54) is 55.1 Å². The van der Waals surface area contributed by atoms with Gasteiger partial charge in [0.2, 0.25) is 0 Å². The molecule has 292 valence electrons. The SMILES string of the molecule is O=C(c1ccsc1)N(C(=O)[C@@H]1CCCN1C(=O)c1ccsc1)c1ccc(/C=C/c2ccc(N(C(=O)c3ccsc3)C(=O)[C@@H]3CCCN3C(=O)c3ccsc3)cc2)cc1. The fourth-order valence-electron chi connectivity index (χ4n) is 7.32. The van der Waals surface area contributed by atoms with Gasteiger partial charge in [-0.3, -0.25) is 28.8 Å². The molecule has 6 aromatic rings. The van der Waals surface area contributed by atoms with E-state index in [1.54, 1.807) is 90.6 Å². The van der Waals surface area contributed by atoms with E-state index in [2.05, 4.69) is 0 Å². The molecule has 2 atom stereocenters. The van der Waals surface area contributed by atoms with Crippen molar-refractivity contribution in [2.45, 2.75) is 37.8 Å². The Labute approximate surface area is 350 Å². The van der Waals surface area contributed by atoms with Crippen LogP contribution in [0.4, 0.5) is 11.4 Å². The number of likely N-dealkylation sites (tertiary alicyclic amines) is 2. The van der Waals surface area contributed by atoms with Crippen LogP contribution in [0.1, 0.15) is 78.2 Å². The second-order valence-corrected chi connectivity index (χ2v) is 17.0. The van der Waals surface area contributed by atoms with Gasteiger partial charge in [0.25, 0.3) is 35.4 Å². The Bertz CT molecular complexity index is 2270. The molecular weight excluding hydrogens is 809 g/mol. The van der Waals surface area contributed by atoms with E-state index in [1.807, 2.05) is 47.2 Å². The Kier molecular flexibility index (Phi) is 11.7. The smallest absolute Gasteiger partial charge is 0.265 e. The minimum Gasteiger partial charge on any atom is -0.327 e. The van der Waals surface area contributed by atoms with Crippen molar-refractivity contribution in [3.05, 3.63) is 149 Å². The summed E-state index contributed by atoms with van der Waals surface area (Å²) in [5.74, 6) is -2.23. The zero-order valence-electron chi connectivity index (χ0n) is 31.0. The van der Waals surface area contributed by atoms with E-state index >= 15 is 0 Å². The largest absolute Gasteiger partial charge is 0.327 e. The number of anilines is 2. The topological polar surface area (TPSA) is 115 Å². The minimum atomic E-state index is -0.768. The molecule has 0 aliphatic carbocycles. The van der Waals surface area contributed by atoms with Crippen LogP contribution in [-0.2, 0) is 9.59 Å². The fraction of sp³-hybridized carbons (Fsp3) is 0.182. The summed E-state index contributed by atoms with van der Waals surface area (Å²) < 4.78 is 0. The Morgan fingerprint density at radius 2 is 0.828 bits per heavy atom. The average Bonchev–Trinajstić information content (AvgIpc) is 4.11. The number of rotatable bonds is 10. The second-order valence-electron chi connectivity index (χ2n) is 13.8. The van der Waals surface area contributed by atoms with Gasteiger partial charge in [-0.1, -0.05) is 36.4 Å². The minimum absolute atomic E-state index is 0.219. The van der Waals surface area contributed by atoms with Crippen molar-refractivity contribution in [1.29, 1.82) is 0 Å². The van der Waals surface area contributed by atoms with Crippen LogP contribution < -0.4 is 9.80 Å². The van der Waals surface area contributed by atoms with Gasteiger partial charge >= 0.3 is 0 Å². The Morgan fingerprint density at radius 1 is 0.483 bits per heavy atom. The molecule has 8 rings (SSSR count). The highest BCUT2D eigenvalue weighted by atomic mass is 32.1. The molecule has 6 heterocycles. The molecular formula is C44H36N4O6S4. The van der Waals surface area contributed by atoms with Crippen molar-refractivity contribution >= 4 is 104 Å². The van der Waals surface area contributed by atoms with E-state index in [4.69, 9.17) is 0 Å². The van der Waals surface area contributed by atoms with E-state index in [-0.39, 0.29) is 11.8 Å². The van der Waals surface area contributed by atoms with Crippen LogP contribution in [0.3, 0.4) is 0 Å². The number of thiophene rings is 4. The van der Waals surface area contributed by atoms with E-state index < -0.39 is 35.7 Å². The Hall–Kier alpha value is -5.80. The highest BCUT2D eigenvalue weighted by Crippen LogP contribution is 2.30. The Morgan fingerprint density at radius 3 is 1.16 bits per heavy atom. The molecule has 0 unspecified atom stereocenters. The number of nitrogens with zero attached hydrogens (tertiary/aromatic N) is 4. The van der Waals surface area contributed by atoms with Gasteiger partial charge in [0.05, 0.1) is 33.6 Å². The van der Waals surface area contributed by atoms with Crippen LogP contribution in [0.2, 0.25) is 0 Å². The maximum Gasteiger partial charge on any atom is 0.265 e. The first-order valence-electron chi connectivity index (χ1n) is 18.6. The van der Waals surface area contributed by atoms with E-state index in [9.17, 15) is 28.8 Å². The lowest BCUT2D eigenvalue weighted by atomic mass is 10.1. The number of benzene rings is 2. The van der Waals surface area contributed by atoms with Gasteiger partial charge in [0.15, 0.2) is 0 Å². The quantitative estimate of drug-likeness (QED) is 0.100. The molecule has 6 amide bonds. The van der Waals surface area contributed by atoms with Crippen molar-refractivity contribution in [2.75, 3.05) is 22.9 Å². The number of imide groups is 2. The molecule has 0 bridgehead atoms. The van der Waals surface area contributed by atoms with Crippen molar-refractivity contribution in [3.63, 3.8) is 0 Å². The lowest BCUT2D eigenvalue weighted by Gasteiger charge is -2.29. The monoisotopic (exact) mass is 844 g/mol. The summed E-state index contributed by atoms with van der Waals surface area (Å²) in [6.07, 6.45) is 6.01. The van der Waals surface area contributed by atoms with Crippen molar-refractivity contribution in [1.82, 2.24) is 9.80 Å². The molecule has 0 radical (unpaired) electrons. The third-order valence-electron chi connectivity index (χ3n) is 10.3. The fourth-order valence-corrected chi connectivity index (χ4v) is 9.84. The predicted octanol–water partition coefficient (Wildman–Crippen LogP) is 9.06. The molecule has 0 spiro atoms. The van der Waals surface area contributed by atoms with Gasteiger partial charge in [0.1, 0.15) is 12.1 Å². The summed E-state index contributed by atoms with van der Waals surface area (Å²) in [4.78, 5) is 88.2. The van der Waals surface area contributed by atoms with Crippen LogP contribution in [0, 0.1) is 0 Å². The van der Waals surface area contributed by atoms with Gasteiger partial charge in [-0.2, -0.15) is 45.3 Å². The zero-order valence-corrected chi connectivity index (χ0v) is 34.2. The van der Waals surface area contributed by atoms with Gasteiger partial charge in [-0.25, -0.2) is 9.80 Å². The number of hydrogen-bond donors (Lipinski definition) is 0. The predicted molar refractivity (Wildman–Crippen MR) is 231 cm³/mol. The van der Waals surface area contributed by atoms with E-state index in [0.29, 0.717) is 72.4 Å². The normalized spacial score (nSPS) is 16.5. The lowest BCUT2D eigenvalue weighted by molar-refractivity contribution is -0.122. The molecule has 10 nitrogen and oxygen atoms in total. The van der Waals surface area contributed by atoms with Crippen LogP contribution in [0.25, 0.3) is 12.2 Å². The average molecular weight is 845 g/mol. The summed E-state index contributed by atoms with van der Waals surface area (Å²) >= 11 is 5.56. The molecule has 4 aromatic heterocycles. The van der Waals surface area contributed by atoms with E-state index in [0.717, 1.165) is 11.1 Å². The van der Waals surface area contributed by atoms with Gasteiger partial charge < -0.3 is 9.80 Å². The number of carbonyl (C=O) groups excluding carboxylic acids is 6.